The number of hydrogen-bond acceptors (Lipinski definition) is 5. The van der Waals surface area contributed by atoms with E-state index in [1.807, 2.05) is 13.0 Å². The molecule has 26 heavy (non-hydrogen) atoms. The van der Waals surface area contributed by atoms with Gasteiger partial charge in [-0.3, -0.25) is 9.48 Å². The van der Waals surface area contributed by atoms with Gasteiger partial charge in [0.2, 0.25) is 0 Å². The van der Waals surface area contributed by atoms with Crippen LogP contribution in [0.5, 0.6) is 5.75 Å². The van der Waals surface area contributed by atoms with E-state index in [1.165, 1.54) is 0 Å². The van der Waals surface area contributed by atoms with E-state index in [1.54, 1.807) is 16.8 Å². The first-order valence-electron chi connectivity index (χ1n) is 9.41. The molecule has 0 spiro atoms. The third-order valence-corrected chi connectivity index (χ3v) is 5.51. The Hall–Kier alpha value is -2.12. The number of amides is 1. The molecule has 2 aliphatic heterocycles. The number of nitrogens with one attached hydrogen (secondary N) is 2. The first-order chi connectivity index (χ1) is 12.6. The van der Waals surface area contributed by atoms with Gasteiger partial charge in [-0.25, -0.2) is 0 Å². The van der Waals surface area contributed by atoms with Crippen molar-refractivity contribution in [3.8, 4) is 5.75 Å². The highest BCUT2D eigenvalue weighted by Gasteiger charge is 2.33. The van der Waals surface area contributed by atoms with Gasteiger partial charge in [-0.05, 0) is 32.3 Å². The van der Waals surface area contributed by atoms with Crippen LogP contribution in [0.15, 0.2) is 18.2 Å². The summed E-state index contributed by atoms with van der Waals surface area (Å²) in [6, 6.07) is 6.05. The molecule has 1 amide bonds. The van der Waals surface area contributed by atoms with Crippen LogP contribution in [-0.4, -0.2) is 52.1 Å². The van der Waals surface area contributed by atoms with Crippen LogP contribution in [0.2, 0.25) is 0 Å². The summed E-state index contributed by atoms with van der Waals surface area (Å²) in [5, 5.41) is 22.2. The fraction of sp³-hybridized carbons (Fsp3) is 0.579. The molecule has 2 fully saturated rings. The number of nitrogens with zero attached hydrogens (tertiary/aromatic N) is 2. The number of benzene rings is 1. The van der Waals surface area contributed by atoms with Gasteiger partial charge in [-0.2, -0.15) is 5.10 Å². The third kappa shape index (κ3) is 3.05. The number of phenolic OH excluding ortho intramolecular Hbond substituents is 1. The lowest BCUT2D eigenvalue weighted by atomic mass is 9.92. The molecular formula is C19H26N4O3. The number of ether oxygens (including phenoxy) is 1. The lowest BCUT2D eigenvalue weighted by Crippen LogP contribution is -2.58. The van der Waals surface area contributed by atoms with Crippen LogP contribution in [0.25, 0.3) is 10.9 Å². The molecule has 4 atom stereocenters. The summed E-state index contributed by atoms with van der Waals surface area (Å²) in [5.74, 6) is -0.0172. The highest BCUT2D eigenvalue weighted by atomic mass is 16.5. The SMILES string of the molecule is CC[C@H](C)n1nc(C(=O)N[C@H]2C[C@H]3COC[C@@H](C2)N3)c2cccc(O)c21. The van der Waals surface area contributed by atoms with Gasteiger partial charge in [0.05, 0.1) is 13.2 Å². The Labute approximate surface area is 152 Å². The van der Waals surface area contributed by atoms with Gasteiger partial charge in [0.1, 0.15) is 11.3 Å². The summed E-state index contributed by atoms with van der Waals surface area (Å²) in [7, 11) is 0. The average molecular weight is 358 g/mol. The van der Waals surface area contributed by atoms with E-state index < -0.39 is 0 Å². The van der Waals surface area contributed by atoms with E-state index in [-0.39, 0.29) is 23.7 Å². The van der Waals surface area contributed by atoms with Gasteiger partial charge in [0, 0.05) is 29.6 Å². The summed E-state index contributed by atoms with van der Waals surface area (Å²) >= 11 is 0. The van der Waals surface area contributed by atoms with E-state index in [2.05, 4.69) is 22.7 Å². The lowest BCUT2D eigenvalue weighted by Gasteiger charge is -2.40. The lowest BCUT2D eigenvalue weighted by molar-refractivity contribution is 0.0148. The Bertz CT molecular complexity index is 806. The number of piperidine rings is 1. The monoisotopic (exact) mass is 358 g/mol. The van der Waals surface area contributed by atoms with Gasteiger partial charge in [0.25, 0.3) is 5.91 Å². The van der Waals surface area contributed by atoms with Gasteiger partial charge in [-0.1, -0.05) is 19.1 Å². The molecule has 1 aromatic carbocycles. The van der Waals surface area contributed by atoms with Crippen molar-refractivity contribution in [1.29, 1.82) is 0 Å². The Morgan fingerprint density at radius 2 is 2.15 bits per heavy atom. The maximum absolute atomic E-state index is 13.0. The fourth-order valence-electron chi connectivity index (χ4n) is 4.04. The van der Waals surface area contributed by atoms with E-state index >= 15 is 0 Å². The first-order valence-corrected chi connectivity index (χ1v) is 9.41. The van der Waals surface area contributed by atoms with Gasteiger partial charge >= 0.3 is 0 Å². The van der Waals surface area contributed by atoms with Crippen LogP contribution in [0, 0.1) is 0 Å². The number of carbonyl (C=O) groups excluding carboxylic acids is 1. The molecule has 1 aromatic heterocycles. The second-order valence-electron chi connectivity index (χ2n) is 7.46. The molecule has 2 aromatic rings. The summed E-state index contributed by atoms with van der Waals surface area (Å²) < 4.78 is 7.34. The van der Waals surface area contributed by atoms with Crippen LogP contribution < -0.4 is 10.6 Å². The number of phenols is 1. The van der Waals surface area contributed by atoms with Gasteiger partial charge in [-0.15, -0.1) is 0 Å². The highest BCUT2D eigenvalue weighted by Crippen LogP contribution is 2.30. The fourth-order valence-corrected chi connectivity index (χ4v) is 4.04. The second kappa shape index (κ2) is 6.89. The molecule has 0 saturated carbocycles. The van der Waals surface area contributed by atoms with Crippen molar-refractivity contribution in [2.75, 3.05) is 13.2 Å². The smallest absolute Gasteiger partial charge is 0.272 e. The van der Waals surface area contributed by atoms with Gasteiger partial charge in [0.15, 0.2) is 5.69 Å². The highest BCUT2D eigenvalue weighted by molar-refractivity contribution is 6.06. The van der Waals surface area contributed by atoms with Crippen molar-refractivity contribution in [3.63, 3.8) is 0 Å². The molecule has 0 radical (unpaired) electrons. The first kappa shape index (κ1) is 17.3. The quantitative estimate of drug-likeness (QED) is 0.778. The molecule has 3 N–H and O–H groups in total. The minimum Gasteiger partial charge on any atom is -0.506 e. The summed E-state index contributed by atoms with van der Waals surface area (Å²) in [6.45, 7) is 5.49. The van der Waals surface area contributed by atoms with Crippen molar-refractivity contribution in [3.05, 3.63) is 23.9 Å². The van der Waals surface area contributed by atoms with Crippen LogP contribution in [0.1, 0.15) is 49.6 Å². The number of aromatic hydroxyl groups is 1. The molecule has 140 valence electrons. The van der Waals surface area contributed by atoms with Crippen molar-refractivity contribution < 1.29 is 14.6 Å². The van der Waals surface area contributed by atoms with Gasteiger partial charge < -0.3 is 20.5 Å². The predicted molar refractivity (Wildman–Crippen MR) is 98.4 cm³/mol. The Balaban J connectivity index is 1.62. The van der Waals surface area contributed by atoms with Crippen LogP contribution in [0.3, 0.4) is 0 Å². The number of fused-ring (bicyclic) bond motifs is 3. The van der Waals surface area contributed by atoms with Crippen LogP contribution in [0.4, 0.5) is 0 Å². The number of para-hydroxylation sites is 1. The topological polar surface area (TPSA) is 88.4 Å². The van der Waals surface area contributed by atoms with E-state index in [0.717, 1.165) is 19.3 Å². The van der Waals surface area contributed by atoms with Crippen molar-refractivity contribution in [2.45, 2.75) is 57.3 Å². The molecular weight excluding hydrogens is 332 g/mol. The Morgan fingerprint density at radius 3 is 2.85 bits per heavy atom. The molecule has 7 heteroatoms. The van der Waals surface area contributed by atoms with Crippen LogP contribution >= 0.6 is 0 Å². The van der Waals surface area contributed by atoms with E-state index in [0.29, 0.717) is 41.9 Å². The normalized spacial score (nSPS) is 26.6. The van der Waals surface area contributed by atoms with Crippen molar-refractivity contribution in [1.82, 2.24) is 20.4 Å². The zero-order valence-corrected chi connectivity index (χ0v) is 15.2. The molecule has 0 unspecified atom stereocenters. The maximum Gasteiger partial charge on any atom is 0.272 e. The third-order valence-electron chi connectivity index (χ3n) is 5.51. The maximum atomic E-state index is 13.0. The summed E-state index contributed by atoms with van der Waals surface area (Å²) in [5.41, 5.74) is 1.01. The number of hydrogen-bond donors (Lipinski definition) is 3. The second-order valence-corrected chi connectivity index (χ2v) is 7.46. The molecule has 3 heterocycles. The zero-order valence-electron chi connectivity index (χ0n) is 15.2. The Morgan fingerprint density at radius 1 is 1.42 bits per heavy atom. The standard InChI is InChI=1S/C19H26N4O3/c1-3-11(2)23-18-15(5-4-6-16(18)24)17(22-23)19(25)21-12-7-13-9-26-10-14(8-12)20-13/h4-6,11-14,20,24H,3,7-10H2,1-2H3,(H,21,25)/t11-,12-,13-,14+/m0/s1. The van der Waals surface area contributed by atoms with Crippen molar-refractivity contribution >= 4 is 16.8 Å². The molecule has 4 rings (SSSR count). The summed E-state index contributed by atoms with van der Waals surface area (Å²) in [4.78, 5) is 13.0. The Kier molecular flexibility index (Phi) is 4.58. The van der Waals surface area contributed by atoms with E-state index in [4.69, 9.17) is 4.74 Å². The number of carbonyl (C=O) groups is 1. The molecule has 2 bridgehead atoms. The summed E-state index contributed by atoms with van der Waals surface area (Å²) in [6.07, 6.45) is 2.58. The van der Waals surface area contributed by atoms with Crippen LogP contribution in [-0.2, 0) is 4.74 Å². The van der Waals surface area contributed by atoms with Crippen molar-refractivity contribution in [2.24, 2.45) is 0 Å². The average Bonchev–Trinajstić information content (AvgIpc) is 3.02. The number of rotatable bonds is 4. The molecule has 2 aliphatic rings. The molecule has 2 saturated heterocycles. The number of aromatic nitrogens is 2. The minimum atomic E-state index is -0.173. The number of morpholine rings is 1. The van der Waals surface area contributed by atoms with E-state index in [9.17, 15) is 9.90 Å². The largest absolute Gasteiger partial charge is 0.506 e. The molecule has 0 aliphatic carbocycles. The predicted octanol–water partition coefficient (Wildman–Crippen LogP) is 1.96. The molecule has 7 nitrogen and oxygen atoms in total. The zero-order chi connectivity index (χ0) is 18.3. The minimum absolute atomic E-state index is 0.0998.